The molecule has 0 unspecified atom stereocenters. The van der Waals surface area contributed by atoms with Crippen LogP contribution in [0.3, 0.4) is 0 Å². The summed E-state index contributed by atoms with van der Waals surface area (Å²) in [6, 6.07) is 0. The van der Waals surface area contributed by atoms with Crippen LogP contribution in [0.5, 0.6) is 0 Å². The van der Waals surface area contributed by atoms with Crippen LogP contribution < -0.4 is 0 Å². The third-order valence-corrected chi connectivity index (χ3v) is 8.77. The second-order valence-electron chi connectivity index (χ2n) is 12.9. The molecule has 0 aromatic heterocycles. The zero-order valence-electron chi connectivity index (χ0n) is 29.7. The zero-order valence-corrected chi connectivity index (χ0v) is 30.6. The van der Waals surface area contributed by atoms with Gasteiger partial charge in [-0.1, -0.05) is 161 Å². The van der Waals surface area contributed by atoms with Crippen molar-refractivity contribution in [3.63, 3.8) is 0 Å². The molecule has 0 saturated carbocycles. The summed E-state index contributed by atoms with van der Waals surface area (Å²) in [5, 5.41) is 0. The summed E-state index contributed by atoms with van der Waals surface area (Å²) in [4.78, 5) is 42.7. The number of allylic oxidation sites excluding steroid dienone is 2. The number of rotatable bonds is 35. The number of carbonyl (C=O) groups excluding carboxylic acids is 2. The molecule has 0 aromatic carbocycles. The lowest BCUT2D eigenvalue weighted by Crippen LogP contribution is -2.29. The first-order valence-electron chi connectivity index (χ1n) is 19.0. The van der Waals surface area contributed by atoms with Gasteiger partial charge >= 0.3 is 19.8 Å². The Bertz CT molecular complexity index is 766. The molecule has 0 radical (unpaired) electrons. The summed E-state index contributed by atoms with van der Waals surface area (Å²) < 4.78 is 26.3. The van der Waals surface area contributed by atoms with Crippen LogP contribution in [0.15, 0.2) is 12.2 Å². The average Bonchev–Trinajstić information content (AvgIpc) is 3.02. The number of ether oxygens (including phenoxy) is 2. The van der Waals surface area contributed by atoms with Crippen LogP contribution in [0.4, 0.5) is 0 Å². The SMILES string of the molecule is CCCC/C=C/CCCCCCCCCCCC(=O)O[C@H](COC(=O)CCCCCCCCCCCCCCC)COP(=O)(O)O. The largest absolute Gasteiger partial charge is 0.469 e. The molecule has 46 heavy (non-hydrogen) atoms. The van der Waals surface area contributed by atoms with Crippen molar-refractivity contribution in [1.29, 1.82) is 0 Å². The van der Waals surface area contributed by atoms with E-state index in [9.17, 15) is 14.2 Å². The van der Waals surface area contributed by atoms with Gasteiger partial charge in [-0.25, -0.2) is 4.57 Å². The Kier molecular flexibility index (Phi) is 32.8. The first-order valence-corrected chi connectivity index (χ1v) is 20.5. The number of carbonyl (C=O) groups is 2. The number of phosphoric acid groups is 1. The minimum atomic E-state index is -4.74. The third kappa shape index (κ3) is 35.6. The van der Waals surface area contributed by atoms with Gasteiger partial charge in [-0.05, 0) is 32.1 Å². The molecule has 0 rings (SSSR count). The Morgan fingerprint density at radius 1 is 0.543 bits per heavy atom. The monoisotopic (exact) mass is 674 g/mol. The van der Waals surface area contributed by atoms with E-state index in [1.165, 1.54) is 122 Å². The standard InChI is InChI=1S/C37H71O8P/c1-3-5-7-9-11-13-15-17-18-20-22-24-26-28-30-32-37(39)45-35(34-44-46(40,41)42)33-43-36(38)31-29-27-25-23-21-19-16-14-12-10-8-6-4-2/h9,11,35H,3-8,10,12-34H2,1-2H3,(H2,40,41,42)/b11-9+/t35-/m1/s1. The molecule has 0 bridgehead atoms. The second kappa shape index (κ2) is 33.7. The Morgan fingerprint density at radius 3 is 1.39 bits per heavy atom. The molecule has 0 aliphatic carbocycles. The number of unbranched alkanes of at least 4 members (excludes halogenated alkanes) is 23. The highest BCUT2D eigenvalue weighted by atomic mass is 31.2. The first kappa shape index (κ1) is 44.8. The minimum absolute atomic E-state index is 0.213. The zero-order chi connectivity index (χ0) is 34.0. The summed E-state index contributed by atoms with van der Waals surface area (Å²) >= 11 is 0. The van der Waals surface area contributed by atoms with Crippen LogP contribution in [-0.2, 0) is 28.2 Å². The Hall–Kier alpha value is -1.21. The molecule has 0 saturated heterocycles. The smallest absolute Gasteiger partial charge is 0.462 e. The van der Waals surface area contributed by atoms with Crippen LogP contribution in [0, 0.1) is 0 Å². The topological polar surface area (TPSA) is 119 Å². The van der Waals surface area contributed by atoms with Crippen molar-refractivity contribution in [3.05, 3.63) is 12.2 Å². The van der Waals surface area contributed by atoms with E-state index in [0.717, 1.165) is 38.5 Å². The average molecular weight is 675 g/mol. The first-order chi connectivity index (χ1) is 22.3. The summed E-state index contributed by atoms with van der Waals surface area (Å²) in [6.07, 6.45) is 35.0. The lowest BCUT2D eigenvalue weighted by atomic mass is 10.0. The molecule has 1 atom stereocenters. The van der Waals surface area contributed by atoms with Crippen molar-refractivity contribution < 1.29 is 37.9 Å². The van der Waals surface area contributed by atoms with Gasteiger partial charge in [0, 0.05) is 12.8 Å². The normalized spacial score (nSPS) is 12.5. The van der Waals surface area contributed by atoms with Gasteiger partial charge in [0.2, 0.25) is 0 Å². The van der Waals surface area contributed by atoms with Gasteiger partial charge in [0.1, 0.15) is 6.61 Å². The molecule has 272 valence electrons. The predicted molar refractivity (Wildman–Crippen MR) is 189 cm³/mol. The van der Waals surface area contributed by atoms with E-state index in [4.69, 9.17) is 19.3 Å². The fraction of sp³-hybridized carbons (Fsp3) is 0.892. The van der Waals surface area contributed by atoms with E-state index in [1.54, 1.807) is 0 Å². The maximum Gasteiger partial charge on any atom is 0.469 e. The molecule has 8 nitrogen and oxygen atoms in total. The Labute approximate surface area is 282 Å². The molecular formula is C37H71O8P. The minimum Gasteiger partial charge on any atom is -0.462 e. The van der Waals surface area contributed by atoms with Crippen LogP contribution in [0.1, 0.15) is 194 Å². The van der Waals surface area contributed by atoms with Crippen LogP contribution in [-0.4, -0.2) is 41.0 Å². The number of esters is 2. The summed E-state index contributed by atoms with van der Waals surface area (Å²) in [6.45, 7) is 3.65. The fourth-order valence-electron chi connectivity index (χ4n) is 5.41. The molecule has 0 aliphatic heterocycles. The van der Waals surface area contributed by atoms with Gasteiger partial charge in [0.15, 0.2) is 6.10 Å². The Morgan fingerprint density at radius 2 is 0.935 bits per heavy atom. The maximum absolute atomic E-state index is 12.3. The highest BCUT2D eigenvalue weighted by Gasteiger charge is 2.22. The van der Waals surface area contributed by atoms with E-state index in [0.29, 0.717) is 6.42 Å². The van der Waals surface area contributed by atoms with Crippen molar-refractivity contribution in [2.24, 2.45) is 0 Å². The number of hydrogen-bond acceptors (Lipinski definition) is 6. The highest BCUT2D eigenvalue weighted by Crippen LogP contribution is 2.36. The molecule has 0 aliphatic rings. The van der Waals surface area contributed by atoms with Gasteiger partial charge in [-0.15, -0.1) is 0 Å². The van der Waals surface area contributed by atoms with E-state index in [-0.39, 0.29) is 19.4 Å². The third-order valence-electron chi connectivity index (χ3n) is 8.28. The molecule has 0 heterocycles. The summed E-state index contributed by atoms with van der Waals surface area (Å²) in [5.74, 6) is -0.879. The predicted octanol–water partition coefficient (Wildman–Crippen LogP) is 11.1. The molecular weight excluding hydrogens is 603 g/mol. The molecule has 0 aromatic rings. The Balaban J connectivity index is 3.93. The second-order valence-corrected chi connectivity index (χ2v) is 14.1. The van der Waals surface area contributed by atoms with Gasteiger partial charge in [0.25, 0.3) is 0 Å². The van der Waals surface area contributed by atoms with E-state index in [1.807, 2.05) is 0 Å². The van der Waals surface area contributed by atoms with Gasteiger partial charge in [0.05, 0.1) is 6.61 Å². The van der Waals surface area contributed by atoms with E-state index in [2.05, 4.69) is 30.5 Å². The maximum atomic E-state index is 12.3. The number of hydrogen-bond donors (Lipinski definition) is 2. The van der Waals surface area contributed by atoms with Crippen molar-refractivity contribution in [1.82, 2.24) is 0 Å². The summed E-state index contributed by atoms with van der Waals surface area (Å²) in [7, 11) is -4.74. The number of phosphoric ester groups is 1. The van der Waals surface area contributed by atoms with Crippen molar-refractivity contribution >= 4 is 19.8 Å². The van der Waals surface area contributed by atoms with E-state index >= 15 is 0 Å². The van der Waals surface area contributed by atoms with Gasteiger partial charge < -0.3 is 19.3 Å². The quantitative estimate of drug-likeness (QED) is 0.0295. The van der Waals surface area contributed by atoms with E-state index < -0.39 is 32.5 Å². The van der Waals surface area contributed by atoms with Gasteiger partial charge in [-0.3, -0.25) is 14.1 Å². The van der Waals surface area contributed by atoms with Crippen molar-refractivity contribution in [3.8, 4) is 0 Å². The molecule has 2 N–H and O–H groups in total. The van der Waals surface area contributed by atoms with Crippen LogP contribution in [0.25, 0.3) is 0 Å². The lowest BCUT2D eigenvalue weighted by Gasteiger charge is -2.18. The van der Waals surface area contributed by atoms with Gasteiger partial charge in [-0.2, -0.15) is 0 Å². The highest BCUT2D eigenvalue weighted by molar-refractivity contribution is 7.46. The molecule has 9 heteroatoms. The van der Waals surface area contributed by atoms with Crippen molar-refractivity contribution in [2.45, 2.75) is 200 Å². The van der Waals surface area contributed by atoms with Crippen LogP contribution >= 0.6 is 7.82 Å². The molecule has 0 fully saturated rings. The van der Waals surface area contributed by atoms with Crippen LogP contribution in [0.2, 0.25) is 0 Å². The molecule has 0 amide bonds. The van der Waals surface area contributed by atoms with Crippen molar-refractivity contribution in [2.75, 3.05) is 13.2 Å². The fourth-order valence-corrected chi connectivity index (χ4v) is 5.77. The lowest BCUT2D eigenvalue weighted by molar-refractivity contribution is -0.161. The molecule has 0 spiro atoms. The summed E-state index contributed by atoms with van der Waals surface area (Å²) in [5.41, 5.74) is 0.